The fourth-order valence-electron chi connectivity index (χ4n) is 3.14. The number of hydrogen-bond donors (Lipinski definition) is 1. The van der Waals surface area contributed by atoms with Gasteiger partial charge in [-0.2, -0.15) is 13.2 Å². The zero-order valence-electron chi connectivity index (χ0n) is 15.5. The molecule has 0 saturated heterocycles. The summed E-state index contributed by atoms with van der Waals surface area (Å²) in [5.74, 6) is 0.791. The molecule has 8 heteroatoms. The molecule has 2 rings (SSSR count). The Hall–Kier alpha value is -2.77. The highest BCUT2D eigenvalue weighted by Crippen LogP contribution is 2.38. The Labute approximate surface area is 161 Å². The van der Waals surface area contributed by atoms with Crippen molar-refractivity contribution in [3.63, 3.8) is 0 Å². The van der Waals surface area contributed by atoms with Gasteiger partial charge in [-0.05, 0) is 50.8 Å². The maximum atomic E-state index is 13.1. The van der Waals surface area contributed by atoms with E-state index >= 15 is 0 Å². The summed E-state index contributed by atoms with van der Waals surface area (Å²) in [5, 5.41) is 13.9. The summed E-state index contributed by atoms with van der Waals surface area (Å²) in [6.07, 6.45) is 5.45. The van der Waals surface area contributed by atoms with Gasteiger partial charge in [0.2, 0.25) is 0 Å². The normalized spacial score (nSPS) is 20.8. The lowest BCUT2D eigenvalue weighted by Gasteiger charge is -2.30. The van der Waals surface area contributed by atoms with Crippen LogP contribution in [0.1, 0.15) is 38.2 Å². The molecule has 5 nitrogen and oxygen atoms in total. The standard InChI is InChI=1S/C20H23F3N2O3/c1-3-4-5-6-14(2)28-17-10-7-15(8-11-17)24-16-9-12-19(25(26)27)18(13-16)20(21,22)23/h3-6,9,12-13,15,17,24H,1,7-8,10-11H2,2H3/b5-4-,14-6+. The molecular formula is C20H23F3N2O3. The summed E-state index contributed by atoms with van der Waals surface area (Å²) in [6.45, 7) is 5.46. The number of allylic oxidation sites excluding steroid dienone is 5. The van der Waals surface area contributed by atoms with Crippen molar-refractivity contribution in [3.05, 3.63) is 70.5 Å². The second kappa shape index (κ2) is 9.43. The first kappa shape index (κ1) is 21.5. The summed E-state index contributed by atoms with van der Waals surface area (Å²) in [7, 11) is 0. The second-order valence-corrected chi connectivity index (χ2v) is 6.62. The Morgan fingerprint density at radius 2 is 1.96 bits per heavy atom. The molecule has 1 fully saturated rings. The molecule has 0 amide bonds. The molecular weight excluding hydrogens is 373 g/mol. The molecule has 0 atom stereocenters. The lowest BCUT2D eigenvalue weighted by molar-refractivity contribution is -0.388. The molecule has 0 bridgehead atoms. The van der Waals surface area contributed by atoms with E-state index < -0.39 is 22.4 Å². The van der Waals surface area contributed by atoms with Gasteiger partial charge in [0.1, 0.15) is 5.56 Å². The van der Waals surface area contributed by atoms with Gasteiger partial charge in [-0.15, -0.1) is 0 Å². The van der Waals surface area contributed by atoms with E-state index in [1.807, 2.05) is 19.1 Å². The van der Waals surface area contributed by atoms with Crippen LogP contribution >= 0.6 is 0 Å². The molecule has 0 radical (unpaired) electrons. The van der Waals surface area contributed by atoms with Gasteiger partial charge in [-0.25, -0.2) is 0 Å². The molecule has 0 spiro atoms. The van der Waals surface area contributed by atoms with Gasteiger partial charge in [0.05, 0.1) is 16.8 Å². The quantitative estimate of drug-likeness (QED) is 0.266. The van der Waals surface area contributed by atoms with Crippen LogP contribution < -0.4 is 5.32 Å². The van der Waals surface area contributed by atoms with Crippen LogP contribution in [0.15, 0.2) is 54.8 Å². The largest absolute Gasteiger partial charge is 0.495 e. The molecule has 0 unspecified atom stereocenters. The van der Waals surface area contributed by atoms with Gasteiger partial charge in [0.25, 0.3) is 5.69 Å². The van der Waals surface area contributed by atoms with Crippen molar-refractivity contribution in [2.75, 3.05) is 5.32 Å². The average Bonchev–Trinajstić information content (AvgIpc) is 2.62. The van der Waals surface area contributed by atoms with E-state index in [1.165, 1.54) is 6.07 Å². The highest BCUT2D eigenvalue weighted by atomic mass is 19.4. The Bertz CT molecular complexity index is 764. The minimum Gasteiger partial charge on any atom is -0.495 e. The molecule has 1 saturated carbocycles. The SMILES string of the molecule is C=C/C=C\C=C(/C)OC1CCC(Nc2ccc([N+](=O)[O-])c(C(F)(F)F)c2)CC1. The van der Waals surface area contributed by atoms with Crippen LogP contribution in [-0.2, 0) is 10.9 Å². The number of rotatable bonds is 7. The maximum Gasteiger partial charge on any atom is 0.423 e. The van der Waals surface area contributed by atoms with E-state index in [0.717, 1.165) is 43.6 Å². The molecule has 0 heterocycles. The van der Waals surface area contributed by atoms with Crippen LogP contribution in [-0.4, -0.2) is 17.1 Å². The van der Waals surface area contributed by atoms with Gasteiger partial charge in [-0.3, -0.25) is 10.1 Å². The van der Waals surface area contributed by atoms with E-state index in [1.54, 1.807) is 12.2 Å². The molecule has 1 aromatic carbocycles. The van der Waals surface area contributed by atoms with Crippen molar-refractivity contribution >= 4 is 11.4 Å². The monoisotopic (exact) mass is 396 g/mol. The topological polar surface area (TPSA) is 64.4 Å². The third-order valence-corrected chi connectivity index (χ3v) is 4.47. The molecule has 0 aliphatic heterocycles. The summed E-state index contributed by atoms with van der Waals surface area (Å²) >= 11 is 0. The first-order valence-corrected chi connectivity index (χ1v) is 8.95. The highest BCUT2D eigenvalue weighted by Gasteiger charge is 2.38. The van der Waals surface area contributed by atoms with E-state index in [0.29, 0.717) is 0 Å². The molecule has 1 aromatic rings. The molecule has 1 aliphatic rings. The Kier molecular flexibility index (Phi) is 7.25. The molecule has 28 heavy (non-hydrogen) atoms. The minimum atomic E-state index is -4.78. The molecule has 0 aromatic heterocycles. The van der Waals surface area contributed by atoms with Crippen LogP contribution in [0.25, 0.3) is 0 Å². The Morgan fingerprint density at radius 3 is 2.54 bits per heavy atom. The van der Waals surface area contributed by atoms with Gasteiger partial charge in [-0.1, -0.05) is 24.8 Å². The Balaban J connectivity index is 1.96. The first-order valence-electron chi connectivity index (χ1n) is 8.95. The Morgan fingerprint density at radius 1 is 1.29 bits per heavy atom. The summed E-state index contributed by atoms with van der Waals surface area (Å²) in [4.78, 5) is 9.82. The van der Waals surface area contributed by atoms with E-state index in [9.17, 15) is 23.3 Å². The maximum absolute atomic E-state index is 13.1. The molecule has 1 N–H and O–H groups in total. The zero-order chi connectivity index (χ0) is 20.7. The van der Waals surface area contributed by atoms with Crippen molar-refractivity contribution in [1.29, 1.82) is 0 Å². The predicted octanol–water partition coefficient (Wildman–Crippen LogP) is 6.00. The number of nitrogens with zero attached hydrogens (tertiary/aromatic N) is 1. The number of hydrogen-bond acceptors (Lipinski definition) is 4. The van der Waals surface area contributed by atoms with E-state index in [4.69, 9.17) is 4.74 Å². The fourth-order valence-corrected chi connectivity index (χ4v) is 3.14. The number of benzene rings is 1. The minimum absolute atomic E-state index is 0.00710. The fraction of sp³-hybridized carbons (Fsp3) is 0.400. The molecule has 1 aliphatic carbocycles. The molecule has 152 valence electrons. The zero-order valence-corrected chi connectivity index (χ0v) is 15.5. The number of nitro benzene ring substituents is 1. The number of halogens is 3. The third kappa shape index (κ3) is 6.14. The average molecular weight is 396 g/mol. The van der Waals surface area contributed by atoms with Gasteiger partial charge >= 0.3 is 6.18 Å². The van der Waals surface area contributed by atoms with Crippen molar-refractivity contribution < 1.29 is 22.8 Å². The van der Waals surface area contributed by atoms with Crippen molar-refractivity contribution in [2.45, 2.75) is 50.9 Å². The van der Waals surface area contributed by atoms with E-state index in [-0.39, 0.29) is 17.8 Å². The smallest absolute Gasteiger partial charge is 0.423 e. The lowest BCUT2D eigenvalue weighted by atomic mass is 9.92. The number of ether oxygens (including phenoxy) is 1. The predicted molar refractivity (Wildman–Crippen MR) is 102 cm³/mol. The van der Waals surface area contributed by atoms with Crippen molar-refractivity contribution in [3.8, 4) is 0 Å². The van der Waals surface area contributed by atoms with E-state index in [2.05, 4.69) is 11.9 Å². The van der Waals surface area contributed by atoms with Crippen LogP contribution in [0.4, 0.5) is 24.5 Å². The van der Waals surface area contributed by atoms with Crippen LogP contribution in [0.3, 0.4) is 0 Å². The second-order valence-electron chi connectivity index (χ2n) is 6.62. The lowest BCUT2D eigenvalue weighted by Crippen LogP contribution is -2.29. The van der Waals surface area contributed by atoms with Crippen LogP contribution in [0.5, 0.6) is 0 Å². The first-order chi connectivity index (χ1) is 13.2. The van der Waals surface area contributed by atoms with Gasteiger partial charge < -0.3 is 10.1 Å². The van der Waals surface area contributed by atoms with Gasteiger partial charge in [0, 0.05) is 17.8 Å². The van der Waals surface area contributed by atoms with Crippen molar-refractivity contribution in [2.24, 2.45) is 0 Å². The van der Waals surface area contributed by atoms with Gasteiger partial charge in [0.15, 0.2) is 0 Å². The number of nitrogens with one attached hydrogen (secondary N) is 1. The summed E-state index contributed by atoms with van der Waals surface area (Å²) in [6, 6.07) is 3.01. The number of nitro groups is 1. The van der Waals surface area contributed by atoms with Crippen molar-refractivity contribution in [1.82, 2.24) is 0 Å². The highest BCUT2D eigenvalue weighted by molar-refractivity contribution is 5.55. The third-order valence-electron chi connectivity index (χ3n) is 4.47. The number of alkyl halides is 3. The summed E-state index contributed by atoms with van der Waals surface area (Å²) in [5.41, 5.74) is -1.95. The number of anilines is 1. The van der Waals surface area contributed by atoms with Crippen LogP contribution in [0, 0.1) is 10.1 Å². The van der Waals surface area contributed by atoms with Crippen LogP contribution in [0.2, 0.25) is 0 Å². The summed E-state index contributed by atoms with van der Waals surface area (Å²) < 4.78 is 45.1.